The molecule has 2 aromatic rings. The lowest BCUT2D eigenvalue weighted by atomic mass is 10.1. The number of hydrogen-bond acceptors (Lipinski definition) is 6. The summed E-state index contributed by atoms with van der Waals surface area (Å²) >= 11 is 1.31. The van der Waals surface area contributed by atoms with Crippen molar-refractivity contribution in [3.8, 4) is 5.75 Å². The van der Waals surface area contributed by atoms with E-state index in [1.807, 2.05) is 32.0 Å². The zero-order valence-corrected chi connectivity index (χ0v) is 14.5. The Labute approximate surface area is 143 Å². The first-order valence-electron chi connectivity index (χ1n) is 7.54. The highest BCUT2D eigenvalue weighted by Gasteiger charge is 2.36. The average molecular weight is 346 g/mol. The number of nitrogens with one attached hydrogen (secondary N) is 1. The predicted octanol–water partition coefficient (Wildman–Crippen LogP) is 2.16. The van der Waals surface area contributed by atoms with Crippen molar-refractivity contribution in [2.45, 2.75) is 20.3 Å². The fraction of sp³-hybridized carbons (Fsp3) is 0.375. The summed E-state index contributed by atoms with van der Waals surface area (Å²) in [6.07, 6.45) is 0.167. The van der Waals surface area contributed by atoms with Crippen LogP contribution in [0, 0.1) is 19.8 Å². The number of nitrogens with zero attached hydrogens (tertiary/aromatic N) is 3. The molecule has 2 amide bonds. The number of hydrogen-bond donors (Lipinski definition) is 1. The van der Waals surface area contributed by atoms with E-state index in [0.717, 1.165) is 10.6 Å². The Kier molecular flexibility index (Phi) is 4.48. The summed E-state index contributed by atoms with van der Waals surface area (Å²) < 4.78 is 5.34. The second-order valence-corrected chi connectivity index (χ2v) is 6.88. The van der Waals surface area contributed by atoms with Crippen molar-refractivity contribution in [3.63, 3.8) is 0 Å². The standard InChI is InChI=1S/C16H18N4O3S/c1-9-4-5-13(23-3)12(6-9)20-8-11(7-14(20)21)15(22)17-16-19-18-10(2)24-16/h4-6,11H,7-8H2,1-3H3,(H,17,19,22)/t11-/m1/s1. The molecule has 1 N–H and O–H groups in total. The van der Waals surface area contributed by atoms with E-state index in [-0.39, 0.29) is 18.2 Å². The lowest BCUT2D eigenvalue weighted by Gasteiger charge is -2.20. The van der Waals surface area contributed by atoms with Crippen LogP contribution in [0.3, 0.4) is 0 Å². The lowest BCUT2D eigenvalue weighted by molar-refractivity contribution is -0.122. The van der Waals surface area contributed by atoms with Crippen molar-refractivity contribution in [1.29, 1.82) is 0 Å². The summed E-state index contributed by atoms with van der Waals surface area (Å²) in [5.74, 6) is -0.109. The number of anilines is 2. The smallest absolute Gasteiger partial charge is 0.231 e. The van der Waals surface area contributed by atoms with Crippen molar-refractivity contribution >= 4 is 34.0 Å². The third-order valence-corrected chi connectivity index (χ3v) is 4.63. The summed E-state index contributed by atoms with van der Waals surface area (Å²) in [7, 11) is 1.57. The molecule has 1 aliphatic heterocycles. The third-order valence-electron chi connectivity index (χ3n) is 3.88. The van der Waals surface area contributed by atoms with E-state index in [1.54, 1.807) is 12.0 Å². The van der Waals surface area contributed by atoms with Crippen LogP contribution in [0.2, 0.25) is 0 Å². The first-order valence-corrected chi connectivity index (χ1v) is 8.35. The lowest BCUT2D eigenvalue weighted by Crippen LogP contribution is -2.28. The minimum absolute atomic E-state index is 0.0903. The second-order valence-electron chi connectivity index (χ2n) is 5.70. The number of carbonyl (C=O) groups excluding carboxylic acids is 2. The zero-order valence-electron chi connectivity index (χ0n) is 13.7. The number of aryl methyl sites for hydroxylation is 2. The second kappa shape index (κ2) is 6.56. The maximum atomic E-state index is 12.4. The van der Waals surface area contributed by atoms with Crippen LogP contribution in [0.25, 0.3) is 0 Å². The van der Waals surface area contributed by atoms with E-state index in [1.165, 1.54) is 11.3 Å². The molecule has 1 aromatic carbocycles. The molecule has 1 fully saturated rings. The number of aromatic nitrogens is 2. The van der Waals surface area contributed by atoms with Crippen LogP contribution in [0.1, 0.15) is 17.0 Å². The summed E-state index contributed by atoms with van der Waals surface area (Å²) in [6.45, 7) is 4.09. The Bertz CT molecular complexity index is 789. The Balaban J connectivity index is 1.76. The van der Waals surface area contributed by atoms with Gasteiger partial charge in [0.15, 0.2) is 0 Å². The molecule has 1 aromatic heterocycles. The van der Waals surface area contributed by atoms with Crippen LogP contribution in [-0.4, -0.2) is 35.7 Å². The van der Waals surface area contributed by atoms with Crippen LogP contribution in [0.5, 0.6) is 5.75 Å². The van der Waals surface area contributed by atoms with Gasteiger partial charge in [0, 0.05) is 13.0 Å². The van der Waals surface area contributed by atoms with Crippen LogP contribution in [-0.2, 0) is 9.59 Å². The van der Waals surface area contributed by atoms with Crippen LogP contribution in [0.15, 0.2) is 18.2 Å². The highest BCUT2D eigenvalue weighted by Crippen LogP contribution is 2.34. The molecule has 0 bridgehead atoms. The molecule has 0 radical (unpaired) electrons. The van der Waals surface area contributed by atoms with Gasteiger partial charge in [-0.25, -0.2) is 0 Å². The molecule has 0 aliphatic carbocycles. The molecule has 0 spiro atoms. The quantitative estimate of drug-likeness (QED) is 0.917. The minimum Gasteiger partial charge on any atom is -0.495 e. The van der Waals surface area contributed by atoms with Gasteiger partial charge in [-0.1, -0.05) is 17.4 Å². The fourth-order valence-corrected chi connectivity index (χ4v) is 3.28. The van der Waals surface area contributed by atoms with E-state index in [9.17, 15) is 9.59 Å². The maximum absolute atomic E-state index is 12.4. The molecule has 126 valence electrons. The van der Waals surface area contributed by atoms with E-state index < -0.39 is 5.92 Å². The van der Waals surface area contributed by atoms with Crippen molar-refractivity contribution in [2.75, 3.05) is 23.9 Å². The molecule has 7 nitrogen and oxygen atoms in total. The number of benzene rings is 1. The van der Waals surface area contributed by atoms with E-state index >= 15 is 0 Å². The van der Waals surface area contributed by atoms with Crippen molar-refractivity contribution in [1.82, 2.24) is 10.2 Å². The summed E-state index contributed by atoms with van der Waals surface area (Å²) in [6, 6.07) is 5.64. The number of ether oxygens (including phenoxy) is 1. The van der Waals surface area contributed by atoms with Crippen molar-refractivity contribution in [2.24, 2.45) is 5.92 Å². The summed E-state index contributed by atoms with van der Waals surface area (Å²) in [5, 5.41) is 11.7. The molecule has 3 rings (SSSR count). The molecule has 24 heavy (non-hydrogen) atoms. The average Bonchev–Trinajstić information content (AvgIpc) is 3.13. The first kappa shape index (κ1) is 16.4. The largest absolute Gasteiger partial charge is 0.495 e. The SMILES string of the molecule is COc1ccc(C)cc1N1C[C@H](C(=O)Nc2nnc(C)s2)CC1=O. The summed E-state index contributed by atoms with van der Waals surface area (Å²) in [4.78, 5) is 26.4. The van der Waals surface area contributed by atoms with Gasteiger partial charge in [0.2, 0.25) is 16.9 Å². The molecular weight excluding hydrogens is 328 g/mol. The van der Waals surface area contributed by atoms with Gasteiger partial charge in [0.25, 0.3) is 0 Å². The van der Waals surface area contributed by atoms with E-state index in [2.05, 4.69) is 15.5 Å². The van der Waals surface area contributed by atoms with Crippen LogP contribution < -0.4 is 15.0 Å². The molecule has 1 aliphatic rings. The zero-order chi connectivity index (χ0) is 17.3. The number of carbonyl (C=O) groups is 2. The number of rotatable bonds is 4. The topological polar surface area (TPSA) is 84.4 Å². The normalized spacial score (nSPS) is 17.2. The maximum Gasteiger partial charge on any atom is 0.231 e. The van der Waals surface area contributed by atoms with Gasteiger partial charge in [-0.2, -0.15) is 0 Å². The van der Waals surface area contributed by atoms with Gasteiger partial charge in [-0.15, -0.1) is 10.2 Å². The van der Waals surface area contributed by atoms with Gasteiger partial charge in [0.05, 0.1) is 18.7 Å². The van der Waals surface area contributed by atoms with Crippen LogP contribution in [0.4, 0.5) is 10.8 Å². The van der Waals surface area contributed by atoms with Gasteiger partial charge >= 0.3 is 0 Å². The molecule has 8 heteroatoms. The highest BCUT2D eigenvalue weighted by atomic mass is 32.1. The van der Waals surface area contributed by atoms with Crippen molar-refractivity contribution in [3.05, 3.63) is 28.8 Å². The Morgan fingerprint density at radius 3 is 2.83 bits per heavy atom. The number of amides is 2. The fourth-order valence-electron chi connectivity index (χ4n) is 2.68. The Morgan fingerprint density at radius 1 is 1.38 bits per heavy atom. The first-order chi connectivity index (χ1) is 11.5. The number of methoxy groups -OCH3 is 1. The minimum atomic E-state index is -0.424. The molecule has 2 heterocycles. The molecule has 1 saturated heterocycles. The molecule has 0 unspecified atom stereocenters. The van der Waals surface area contributed by atoms with Gasteiger partial charge in [-0.05, 0) is 31.5 Å². The van der Waals surface area contributed by atoms with Gasteiger partial charge in [-0.3, -0.25) is 9.59 Å². The van der Waals surface area contributed by atoms with Crippen molar-refractivity contribution < 1.29 is 14.3 Å². The molecule has 0 saturated carbocycles. The van der Waals surface area contributed by atoms with Gasteiger partial charge < -0.3 is 15.0 Å². The third kappa shape index (κ3) is 3.23. The van der Waals surface area contributed by atoms with E-state index in [0.29, 0.717) is 23.1 Å². The Hall–Kier alpha value is -2.48. The van der Waals surface area contributed by atoms with Gasteiger partial charge in [0.1, 0.15) is 10.8 Å². The summed E-state index contributed by atoms with van der Waals surface area (Å²) in [5.41, 5.74) is 1.72. The highest BCUT2D eigenvalue weighted by molar-refractivity contribution is 7.15. The molecular formula is C16H18N4O3S. The molecule has 1 atom stereocenters. The predicted molar refractivity (Wildman–Crippen MR) is 91.5 cm³/mol. The van der Waals surface area contributed by atoms with Crippen LogP contribution >= 0.6 is 11.3 Å². The monoisotopic (exact) mass is 346 g/mol. The van der Waals surface area contributed by atoms with E-state index in [4.69, 9.17) is 4.74 Å². The Morgan fingerprint density at radius 2 is 2.17 bits per heavy atom.